The van der Waals surface area contributed by atoms with Gasteiger partial charge in [0.25, 0.3) is 5.56 Å². The number of methoxy groups -OCH3 is 1. The van der Waals surface area contributed by atoms with Gasteiger partial charge in [-0.15, -0.1) is 0 Å². The Morgan fingerprint density at radius 2 is 1.98 bits per heavy atom. The first kappa shape index (κ1) is 29.4. The lowest BCUT2D eigenvalue weighted by molar-refractivity contribution is -0.139. The van der Waals surface area contributed by atoms with Crippen LogP contribution in [0.25, 0.3) is 6.08 Å². The Hall–Kier alpha value is -3.63. The van der Waals surface area contributed by atoms with E-state index in [9.17, 15) is 9.59 Å². The third-order valence-corrected chi connectivity index (χ3v) is 7.75. The van der Waals surface area contributed by atoms with Gasteiger partial charge in [-0.3, -0.25) is 9.36 Å². The molecule has 4 rings (SSSR count). The van der Waals surface area contributed by atoms with Gasteiger partial charge >= 0.3 is 5.97 Å². The number of hydrogen-bond donors (Lipinski definition) is 0. The van der Waals surface area contributed by atoms with Crippen LogP contribution in [0, 0.1) is 14.9 Å². The van der Waals surface area contributed by atoms with Crippen molar-refractivity contribution < 1.29 is 23.7 Å². The zero-order valence-corrected chi connectivity index (χ0v) is 25.7. The lowest BCUT2D eigenvalue weighted by atomic mass is 9.95. The molecule has 0 unspecified atom stereocenters. The predicted molar refractivity (Wildman–Crippen MR) is 159 cm³/mol. The zero-order chi connectivity index (χ0) is 29.0. The molecule has 208 valence electrons. The predicted octanol–water partition coefficient (Wildman–Crippen LogP) is 4.10. The van der Waals surface area contributed by atoms with Crippen LogP contribution in [-0.2, 0) is 9.53 Å². The van der Waals surface area contributed by atoms with E-state index in [1.54, 1.807) is 45.2 Å². The Balaban J connectivity index is 1.89. The van der Waals surface area contributed by atoms with Crippen molar-refractivity contribution in [2.75, 3.05) is 20.3 Å². The Kier molecular flexibility index (Phi) is 9.32. The van der Waals surface area contributed by atoms with Crippen molar-refractivity contribution in [1.29, 1.82) is 5.26 Å². The van der Waals surface area contributed by atoms with E-state index >= 15 is 0 Å². The lowest BCUT2D eigenvalue weighted by Crippen LogP contribution is -2.40. The molecular weight excluding hydrogens is 645 g/mol. The Labute approximate surface area is 249 Å². The fourth-order valence-electron chi connectivity index (χ4n) is 4.30. The van der Waals surface area contributed by atoms with Gasteiger partial charge in [0.1, 0.15) is 11.8 Å². The van der Waals surface area contributed by atoms with E-state index in [4.69, 9.17) is 24.2 Å². The number of thiazole rings is 1. The molecule has 0 fully saturated rings. The normalized spacial score (nSPS) is 14.8. The summed E-state index contributed by atoms with van der Waals surface area (Å²) >= 11 is 3.37. The van der Waals surface area contributed by atoms with Gasteiger partial charge in [-0.05, 0) is 91.8 Å². The highest BCUT2D eigenvalue weighted by Gasteiger charge is 2.34. The Morgan fingerprint density at radius 3 is 2.62 bits per heavy atom. The lowest BCUT2D eigenvalue weighted by Gasteiger charge is -2.25. The minimum absolute atomic E-state index is 0.0501. The molecule has 0 aliphatic carbocycles. The van der Waals surface area contributed by atoms with Gasteiger partial charge in [0.15, 0.2) is 22.9 Å². The average Bonchev–Trinajstić information content (AvgIpc) is 3.21. The van der Waals surface area contributed by atoms with Gasteiger partial charge in [0.05, 0.1) is 45.2 Å². The fraction of sp³-hybridized carbons (Fsp3) is 0.310. The molecule has 0 N–H and O–H groups in total. The summed E-state index contributed by atoms with van der Waals surface area (Å²) in [5, 5.41) is 8.79. The maximum atomic E-state index is 13.9. The van der Waals surface area contributed by atoms with Crippen LogP contribution in [-0.4, -0.2) is 37.0 Å². The van der Waals surface area contributed by atoms with Gasteiger partial charge in [0, 0.05) is 0 Å². The SMILES string of the molecule is CCOC(=O)C1=C(C)N=c2s/c(=C\c3ccc(OCC#N)c(I)c3)c(=O)n2[C@@H]1c1ccc(OC(C)C)c(OC)c1. The van der Waals surface area contributed by atoms with E-state index in [0.717, 1.165) is 9.13 Å². The van der Waals surface area contributed by atoms with Crippen LogP contribution < -0.4 is 29.1 Å². The summed E-state index contributed by atoms with van der Waals surface area (Å²) in [6.45, 7) is 7.45. The minimum atomic E-state index is -0.777. The number of carbonyl (C=O) groups excluding carboxylic acids is 1. The third kappa shape index (κ3) is 6.08. The molecule has 0 bridgehead atoms. The number of carbonyl (C=O) groups is 1. The Bertz CT molecular complexity index is 1700. The summed E-state index contributed by atoms with van der Waals surface area (Å²) in [6.07, 6.45) is 1.71. The zero-order valence-electron chi connectivity index (χ0n) is 22.7. The first-order valence-corrected chi connectivity index (χ1v) is 14.4. The molecular formula is C29H28IN3O6S. The highest BCUT2D eigenvalue weighted by Crippen LogP contribution is 2.36. The molecule has 0 saturated heterocycles. The van der Waals surface area contributed by atoms with Crippen LogP contribution in [0.4, 0.5) is 0 Å². The first-order valence-electron chi connectivity index (χ1n) is 12.5. The summed E-state index contributed by atoms with van der Waals surface area (Å²) in [5.74, 6) is 1.10. The summed E-state index contributed by atoms with van der Waals surface area (Å²) < 4.78 is 25.1. The number of hydrogen-bond acceptors (Lipinski definition) is 9. The number of halogens is 1. The number of fused-ring (bicyclic) bond motifs is 1. The number of nitriles is 1. The van der Waals surface area contributed by atoms with Crippen LogP contribution in [0.5, 0.6) is 17.2 Å². The molecule has 40 heavy (non-hydrogen) atoms. The van der Waals surface area contributed by atoms with E-state index in [0.29, 0.717) is 37.8 Å². The number of nitrogens with zero attached hydrogens (tertiary/aromatic N) is 3. The number of esters is 1. The van der Waals surface area contributed by atoms with Gasteiger partial charge in [-0.25, -0.2) is 9.79 Å². The van der Waals surface area contributed by atoms with Crippen molar-refractivity contribution in [2.24, 2.45) is 4.99 Å². The second-order valence-corrected chi connectivity index (χ2v) is 11.2. The van der Waals surface area contributed by atoms with Gasteiger partial charge in [-0.1, -0.05) is 23.5 Å². The smallest absolute Gasteiger partial charge is 0.338 e. The molecule has 1 aliphatic heterocycles. The summed E-state index contributed by atoms with van der Waals surface area (Å²) in [7, 11) is 1.54. The van der Waals surface area contributed by atoms with E-state index in [2.05, 4.69) is 27.6 Å². The molecule has 1 atom stereocenters. The number of benzene rings is 2. The molecule has 11 heteroatoms. The summed E-state index contributed by atoms with van der Waals surface area (Å²) in [4.78, 5) is 32.2. The van der Waals surface area contributed by atoms with Gasteiger partial charge < -0.3 is 18.9 Å². The number of ether oxygens (including phenoxy) is 4. The molecule has 0 amide bonds. The molecule has 0 radical (unpaired) electrons. The average molecular weight is 674 g/mol. The second kappa shape index (κ2) is 12.7. The maximum absolute atomic E-state index is 13.9. The van der Waals surface area contributed by atoms with Crippen molar-refractivity contribution in [3.05, 3.63) is 82.1 Å². The number of allylic oxidation sites excluding steroid dienone is 1. The minimum Gasteiger partial charge on any atom is -0.493 e. The van der Waals surface area contributed by atoms with E-state index in [1.165, 1.54) is 15.9 Å². The first-order chi connectivity index (χ1) is 19.2. The van der Waals surface area contributed by atoms with Crippen molar-refractivity contribution in [3.8, 4) is 23.3 Å². The van der Waals surface area contributed by atoms with Gasteiger partial charge in [0.2, 0.25) is 0 Å². The summed E-state index contributed by atoms with van der Waals surface area (Å²) in [6, 6.07) is 12.0. The van der Waals surface area contributed by atoms with Crippen LogP contribution in [0.1, 0.15) is 44.9 Å². The van der Waals surface area contributed by atoms with E-state index < -0.39 is 12.0 Å². The standard InChI is InChI=1S/C29H28IN3O6S/c1-6-37-28(35)25-17(4)32-29-33(26(25)19-8-10-22(39-16(2)3)23(15-19)36-5)27(34)24(40-29)14-18-7-9-21(20(30)13-18)38-12-11-31/h7-10,13-16,26H,6,12H2,1-5H3/b24-14-/t26-/m1/s1. The van der Waals surface area contributed by atoms with Crippen molar-refractivity contribution in [2.45, 2.75) is 39.8 Å². The largest absolute Gasteiger partial charge is 0.493 e. The van der Waals surface area contributed by atoms with Crippen LogP contribution in [0.15, 0.2) is 57.5 Å². The quantitative estimate of drug-likeness (QED) is 0.249. The molecule has 2 heterocycles. The highest BCUT2D eigenvalue weighted by molar-refractivity contribution is 14.1. The van der Waals surface area contributed by atoms with E-state index in [-0.39, 0.29) is 30.5 Å². The molecule has 1 aliphatic rings. The van der Waals surface area contributed by atoms with Crippen molar-refractivity contribution in [1.82, 2.24) is 4.57 Å². The summed E-state index contributed by atoms with van der Waals surface area (Å²) in [5.41, 5.74) is 1.92. The topological polar surface area (TPSA) is 112 Å². The third-order valence-electron chi connectivity index (χ3n) is 5.93. The van der Waals surface area contributed by atoms with Crippen molar-refractivity contribution >= 4 is 46.0 Å². The molecule has 2 aromatic carbocycles. The monoisotopic (exact) mass is 673 g/mol. The Morgan fingerprint density at radius 1 is 1.23 bits per heavy atom. The molecule has 9 nitrogen and oxygen atoms in total. The van der Waals surface area contributed by atoms with Crippen LogP contribution >= 0.6 is 33.9 Å². The second-order valence-electron chi connectivity index (χ2n) is 9.02. The fourth-order valence-corrected chi connectivity index (χ4v) is 6.04. The van der Waals surface area contributed by atoms with Crippen LogP contribution in [0.3, 0.4) is 0 Å². The van der Waals surface area contributed by atoms with E-state index in [1.807, 2.05) is 38.1 Å². The van der Waals surface area contributed by atoms with Crippen LogP contribution in [0.2, 0.25) is 0 Å². The molecule has 0 spiro atoms. The number of rotatable bonds is 9. The van der Waals surface area contributed by atoms with Crippen molar-refractivity contribution in [3.63, 3.8) is 0 Å². The molecule has 1 aromatic heterocycles. The van der Waals surface area contributed by atoms with Gasteiger partial charge in [-0.2, -0.15) is 5.26 Å². The number of aromatic nitrogens is 1. The maximum Gasteiger partial charge on any atom is 0.338 e. The highest BCUT2D eigenvalue weighted by atomic mass is 127. The molecule has 0 saturated carbocycles. The molecule has 3 aromatic rings.